The van der Waals surface area contributed by atoms with Gasteiger partial charge in [0.05, 0.1) is 19.4 Å². The highest BCUT2D eigenvalue weighted by molar-refractivity contribution is 5.26. The SMILES string of the molecule is CCNC(CC1CCCO1)c1cncc(OC)c1. The van der Waals surface area contributed by atoms with Crippen LogP contribution < -0.4 is 10.1 Å². The molecule has 1 aromatic heterocycles. The van der Waals surface area contributed by atoms with Crippen molar-refractivity contribution in [1.82, 2.24) is 10.3 Å². The van der Waals surface area contributed by atoms with E-state index in [0.717, 1.165) is 25.3 Å². The number of hydrogen-bond donors (Lipinski definition) is 1. The summed E-state index contributed by atoms with van der Waals surface area (Å²) < 4.78 is 10.9. The summed E-state index contributed by atoms with van der Waals surface area (Å²) in [6, 6.07) is 2.34. The van der Waals surface area contributed by atoms with E-state index >= 15 is 0 Å². The number of methoxy groups -OCH3 is 1. The third-order valence-electron chi connectivity index (χ3n) is 3.35. The molecule has 2 heterocycles. The number of nitrogens with zero attached hydrogens (tertiary/aromatic N) is 1. The first-order chi connectivity index (χ1) is 8.83. The number of aromatic nitrogens is 1. The van der Waals surface area contributed by atoms with Crippen LogP contribution in [-0.4, -0.2) is 31.3 Å². The van der Waals surface area contributed by atoms with Gasteiger partial charge >= 0.3 is 0 Å². The van der Waals surface area contributed by atoms with Gasteiger partial charge in [0.2, 0.25) is 0 Å². The fourth-order valence-corrected chi connectivity index (χ4v) is 2.41. The van der Waals surface area contributed by atoms with Crippen LogP contribution in [-0.2, 0) is 4.74 Å². The molecule has 4 heteroatoms. The Morgan fingerprint density at radius 1 is 1.56 bits per heavy atom. The molecule has 1 aliphatic rings. The summed E-state index contributed by atoms with van der Waals surface area (Å²) in [6.45, 7) is 3.96. The standard InChI is InChI=1S/C14H22N2O2/c1-3-16-14(8-12-5-4-6-18-12)11-7-13(17-2)10-15-9-11/h7,9-10,12,14,16H,3-6,8H2,1-2H3. The average molecular weight is 250 g/mol. The van der Waals surface area contributed by atoms with Crippen molar-refractivity contribution >= 4 is 0 Å². The summed E-state index contributed by atoms with van der Waals surface area (Å²) in [4.78, 5) is 4.23. The monoisotopic (exact) mass is 250 g/mol. The molecule has 0 spiro atoms. The zero-order valence-electron chi connectivity index (χ0n) is 11.2. The Labute approximate surface area is 109 Å². The van der Waals surface area contributed by atoms with Crippen molar-refractivity contribution in [2.75, 3.05) is 20.3 Å². The molecule has 0 radical (unpaired) electrons. The van der Waals surface area contributed by atoms with Gasteiger partial charge in [-0.2, -0.15) is 0 Å². The van der Waals surface area contributed by atoms with Crippen LogP contribution in [0.4, 0.5) is 0 Å². The number of nitrogens with one attached hydrogen (secondary N) is 1. The predicted molar refractivity (Wildman–Crippen MR) is 70.8 cm³/mol. The maximum absolute atomic E-state index is 5.72. The average Bonchev–Trinajstić information content (AvgIpc) is 2.91. The van der Waals surface area contributed by atoms with Gasteiger partial charge in [-0.1, -0.05) is 6.92 Å². The van der Waals surface area contributed by atoms with E-state index in [0.29, 0.717) is 12.1 Å². The lowest BCUT2D eigenvalue weighted by atomic mass is 10.0. The van der Waals surface area contributed by atoms with E-state index in [9.17, 15) is 0 Å². The highest BCUT2D eigenvalue weighted by Gasteiger charge is 2.21. The summed E-state index contributed by atoms with van der Waals surface area (Å²) in [5.41, 5.74) is 1.17. The lowest BCUT2D eigenvalue weighted by Gasteiger charge is -2.21. The molecule has 1 aliphatic heterocycles. The maximum Gasteiger partial charge on any atom is 0.137 e. The molecule has 0 saturated carbocycles. The van der Waals surface area contributed by atoms with E-state index in [4.69, 9.17) is 9.47 Å². The zero-order valence-corrected chi connectivity index (χ0v) is 11.2. The first-order valence-electron chi connectivity index (χ1n) is 6.67. The minimum absolute atomic E-state index is 0.292. The molecule has 1 N–H and O–H groups in total. The van der Waals surface area contributed by atoms with E-state index in [-0.39, 0.29) is 0 Å². The number of hydrogen-bond acceptors (Lipinski definition) is 4. The van der Waals surface area contributed by atoms with E-state index in [1.54, 1.807) is 13.3 Å². The van der Waals surface area contributed by atoms with Crippen molar-refractivity contribution in [1.29, 1.82) is 0 Å². The second-order valence-electron chi connectivity index (χ2n) is 4.64. The third-order valence-corrected chi connectivity index (χ3v) is 3.35. The fourth-order valence-electron chi connectivity index (χ4n) is 2.41. The Kier molecular flexibility index (Phi) is 4.96. The van der Waals surface area contributed by atoms with Crippen LogP contribution in [0.2, 0.25) is 0 Å². The van der Waals surface area contributed by atoms with Gasteiger partial charge in [0, 0.05) is 18.8 Å². The summed E-state index contributed by atoms with van der Waals surface area (Å²) in [5.74, 6) is 0.808. The quantitative estimate of drug-likeness (QED) is 0.841. The second-order valence-corrected chi connectivity index (χ2v) is 4.64. The molecule has 2 rings (SSSR count). The molecule has 18 heavy (non-hydrogen) atoms. The molecule has 4 nitrogen and oxygen atoms in total. The highest BCUT2D eigenvalue weighted by atomic mass is 16.5. The molecular weight excluding hydrogens is 228 g/mol. The Morgan fingerprint density at radius 2 is 2.44 bits per heavy atom. The normalized spacial score (nSPS) is 20.9. The van der Waals surface area contributed by atoms with Crippen molar-refractivity contribution < 1.29 is 9.47 Å². The van der Waals surface area contributed by atoms with Crippen molar-refractivity contribution in [3.8, 4) is 5.75 Å². The van der Waals surface area contributed by atoms with Crippen molar-refractivity contribution in [3.05, 3.63) is 24.0 Å². The summed E-state index contributed by atoms with van der Waals surface area (Å²) in [6.07, 6.45) is 7.37. The predicted octanol–water partition coefficient (Wildman–Crippen LogP) is 2.31. The van der Waals surface area contributed by atoms with E-state index in [1.165, 1.54) is 18.4 Å². The van der Waals surface area contributed by atoms with Gasteiger partial charge in [0.15, 0.2) is 0 Å². The van der Waals surface area contributed by atoms with Gasteiger partial charge in [-0.25, -0.2) is 0 Å². The van der Waals surface area contributed by atoms with E-state index in [1.807, 2.05) is 6.20 Å². The molecule has 1 fully saturated rings. The summed E-state index contributed by atoms with van der Waals surface area (Å²) >= 11 is 0. The Balaban J connectivity index is 2.06. The first-order valence-corrected chi connectivity index (χ1v) is 6.67. The first kappa shape index (κ1) is 13.3. The lowest BCUT2D eigenvalue weighted by molar-refractivity contribution is 0.0947. The molecule has 0 aliphatic carbocycles. The Morgan fingerprint density at radius 3 is 3.11 bits per heavy atom. The van der Waals surface area contributed by atoms with Crippen LogP contribution in [0.15, 0.2) is 18.5 Å². The highest BCUT2D eigenvalue weighted by Crippen LogP contribution is 2.26. The van der Waals surface area contributed by atoms with Crippen LogP contribution >= 0.6 is 0 Å². The van der Waals surface area contributed by atoms with Crippen molar-refractivity contribution in [2.45, 2.75) is 38.3 Å². The number of ether oxygens (including phenoxy) is 2. The topological polar surface area (TPSA) is 43.4 Å². The van der Waals surface area contributed by atoms with Crippen LogP contribution in [0.1, 0.15) is 37.8 Å². The van der Waals surface area contributed by atoms with E-state index < -0.39 is 0 Å². The van der Waals surface area contributed by atoms with Crippen LogP contribution in [0.5, 0.6) is 5.75 Å². The van der Waals surface area contributed by atoms with Crippen LogP contribution in [0, 0.1) is 0 Å². The summed E-state index contributed by atoms with van der Waals surface area (Å²) in [5, 5.41) is 3.50. The summed E-state index contributed by atoms with van der Waals surface area (Å²) in [7, 11) is 1.67. The van der Waals surface area contributed by atoms with Gasteiger partial charge < -0.3 is 14.8 Å². The minimum atomic E-state index is 0.292. The number of rotatable bonds is 6. The van der Waals surface area contributed by atoms with Crippen molar-refractivity contribution in [2.24, 2.45) is 0 Å². The smallest absolute Gasteiger partial charge is 0.137 e. The molecule has 2 atom stereocenters. The fraction of sp³-hybridized carbons (Fsp3) is 0.643. The van der Waals surface area contributed by atoms with Gasteiger partial charge in [0.25, 0.3) is 0 Å². The van der Waals surface area contributed by atoms with Gasteiger partial charge in [-0.3, -0.25) is 4.98 Å². The molecule has 0 amide bonds. The number of pyridine rings is 1. The Hall–Kier alpha value is -1.13. The Bertz CT molecular complexity index is 365. The van der Waals surface area contributed by atoms with Crippen LogP contribution in [0.25, 0.3) is 0 Å². The molecule has 2 unspecified atom stereocenters. The molecule has 100 valence electrons. The molecule has 0 bridgehead atoms. The van der Waals surface area contributed by atoms with Gasteiger partial charge in [-0.05, 0) is 37.4 Å². The molecule has 1 aromatic rings. The molecular formula is C14H22N2O2. The maximum atomic E-state index is 5.72. The van der Waals surface area contributed by atoms with Gasteiger partial charge in [-0.15, -0.1) is 0 Å². The molecule has 1 saturated heterocycles. The van der Waals surface area contributed by atoms with Crippen LogP contribution in [0.3, 0.4) is 0 Å². The lowest BCUT2D eigenvalue weighted by Crippen LogP contribution is -2.25. The van der Waals surface area contributed by atoms with Gasteiger partial charge in [0.1, 0.15) is 5.75 Å². The molecule has 0 aromatic carbocycles. The largest absolute Gasteiger partial charge is 0.495 e. The minimum Gasteiger partial charge on any atom is -0.495 e. The van der Waals surface area contributed by atoms with E-state index in [2.05, 4.69) is 23.3 Å². The van der Waals surface area contributed by atoms with Crippen molar-refractivity contribution in [3.63, 3.8) is 0 Å². The third kappa shape index (κ3) is 3.43. The zero-order chi connectivity index (χ0) is 12.8. The second kappa shape index (κ2) is 6.71.